The molecule has 1 atom stereocenters. The molecule has 7 heteroatoms. The van der Waals surface area contributed by atoms with E-state index in [4.69, 9.17) is 4.74 Å². The second-order valence-electron chi connectivity index (χ2n) is 5.98. The smallest absolute Gasteiger partial charge is 0.311 e. The molecule has 1 amide bonds. The van der Waals surface area contributed by atoms with E-state index >= 15 is 0 Å². The third-order valence-corrected chi connectivity index (χ3v) is 4.41. The van der Waals surface area contributed by atoms with Crippen LogP contribution in [0.15, 0.2) is 36.4 Å². The quantitative estimate of drug-likeness (QED) is 0.628. The maximum Gasteiger partial charge on any atom is 0.311 e. The molecule has 2 aromatic rings. The van der Waals surface area contributed by atoms with E-state index in [-0.39, 0.29) is 34.8 Å². The standard InChI is InChI=1S/C18H17FN2O4/c1-11-3-4-12-9-14(19)6-7-15(12)20(11)18(22)13-5-8-17(25-2)16(10-13)21(23)24/h5-11H,3-4H2,1-2H3. The van der Waals surface area contributed by atoms with Crippen molar-refractivity contribution in [1.82, 2.24) is 0 Å². The molecule has 0 saturated carbocycles. The number of nitro groups is 1. The van der Waals surface area contributed by atoms with Crippen molar-refractivity contribution in [2.24, 2.45) is 0 Å². The third kappa shape index (κ3) is 3.05. The normalized spacial score (nSPS) is 16.3. The molecule has 0 aromatic heterocycles. The Hall–Kier alpha value is -2.96. The first-order valence-electron chi connectivity index (χ1n) is 7.86. The zero-order valence-corrected chi connectivity index (χ0v) is 13.9. The maximum atomic E-state index is 13.5. The maximum absolute atomic E-state index is 13.5. The van der Waals surface area contributed by atoms with Gasteiger partial charge in [-0.05, 0) is 55.7 Å². The highest BCUT2D eigenvalue weighted by molar-refractivity contribution is 6.07. The van der Waals surface area contributed by atoms with Crippen molar-refractivity contribution in [2.75, 3.05) is 12.0 Å². The molecule has 3 rings (SSSR count). The highest BCUT2D eigenvalue weighted by atomic mass is 19.1. The lowest BCUT2D eigenvalue weighted by Gasteiger charge is -2.35. The molecule has 0 fully saturated rings. The van der Waals surface area contributed by atoms with Crippen molar-refractivity contribution in [3.05, 3.63) is 63.5 Å². The predicted octanol–water partition coefficient (Wildman–Crippen LogP) is 3.72. The number of aryl methyl sites for hydroxylation is 1. The van der Waals surface area contributed by atoms with Crippen molar-refractivity contribution in [3.63, 3.8) is 0 Å². The van der Waals surface area contributed by atoms with Gasteiger partial charge < -0.3 is 9.64 Å². The third-order valence-electron chi connectivity index (χ3n) is 4.41. The molecule has 0 saturated heterocycles. The zero-order chi connectivity index (χ0) is 18.1. The van der Waals surface area contributed by atoms with Crippen LogP contribution in [0, 0.1) is 15.9 Å². The molecule has 0 radical (unpaired) electrons. The number of methoxy groups -OCH3 is 1. The number of amides is 1. The van der Waals surface area contributed by atoms with Crippen LogP contribution >= 0.6 is 0 Å². The van der Waals surface area contributed by atoms with E-state index in [1.165, 1.54) is 37.4 Å². The average molecular weight is 344 g/mol. The summed E-state index contributed by atoms with van der Waals surface area (Å²) in [6.45, 7) is 1.90. The van der Waals surface area contributed by atoms with Crippen LogP contribution < -0.4 is 9.64 Å². The van der Waals surface area contributed by atoms with Gasteiger partial charge in [0, 0.05) is 23.4 Å². The minimum absolute atomic E-state index is 0.0911. The predicted molar refractivity (Wildman–Crippen MR) is 90.6 cm³/mol. The summed E-state index contributed by atoms with van der Waals surface area (Å²) in [5, 5.41) is 11.2. The van der Waals surface area contributed by atoms with Crippen LogP contribution in [0.25, 0.3) is 0 Å². The topological polar surface area (TPSA) is 72.7 Å². The van der Waals surface area contributed by atoms with E-state index < -0.39 is 4.92 Å². The number of halogens is 1. The summed E-state index contributed by atoms with van der Waals surface area (Å²) in [5.41, 5.74) is 1.33. The van der Waals surface area contributed by atoms with Gasteiger partial charge in [0.05, 0.1) is 12.0 Å². The van der Waals surface area contributed by atoms with Gasteiger partial charge in [-0.2, -0.15) is 0 Å². The van der Waals surface area contributed by atoms with Crippen molar-refractivity contribution in [1.29, 1.82) is 0 Å². The highest BCUT2D eigenvalue weighted by Gasteiger charge is 2.30. The first kappa shape index (κ1) is 16.9. The van der Waals surface area contributed by atoms with Crippen LogP contribution in [0.4, 0.5) is 15.8 Å². The number of anilines is 1. The number of benzene rings is 2. The van der Waals surface area contributed by atoms with Crippen molar-refractivity contribution in [3.8, 4) is 5.75 Å². The van der Waals surface area contributed by atoms with Gasteiger partial charge in [-0.15, -0.1) is 0 Å². The second kappa shape index (κ2) is 6.51. The number of rotatable bonds is 3. The molecule has 6 nitrogen and oxygen atoms in total. The largest absolute Gasteiger partial charge is 0.490 e. The summed E-state index contributed by atoms with van der Waals surface area (Å²) in [5.74, 6) is -0.609. The Morgan fingerprint density at radius 2 is 2.08 bits per heavy atom. The van der Waals surface area contributed by atoms with E-state index in [9.17, 15) is 19.3 Å². The molecule has 1 unspecified atom stereocenters. The number of nitrogens with zero attached hydrogens (tertiary/aromatic N) is 2. The molecule has 2 aromatic carbocycles. The fourth-order valence-electron chi connectivity index (χ4n) is 3.13. The number of carbonyl (C=O) groups excluding carboxylic acids is 1. The van der Waals surface area contributed by atoms with Crippen LogP contribution in [0.2, 0.25) is 0 Å². The molecule has 0 spiro atoms. The van der Waals surface area contributed by atoms with Crippen molar-refractivity contribution < 1.29 is 18.8 Å². The number of hydrogen-bond acceptors (Lipinski definition) is 4. The monoisotopic (exact) mass is 344 g/mol. The van der Waals surface area contributed by atoms with Crippen LogP contribution in [0.3, 0.4) is 0 Å². The lowest BCUT2D eigenvalue weighted by Crippen LogP contribution is -2.42. The Kier molecular flexibility index (Phi) is 4.39. The number of nitro benzene ring substituents is 1. The molecule has 25 heavy (non-hydrogen) atoms. The van der Waals surface area contributed by atoms with Crippen LogP contribution in [0.1, 0.15) is 29.3 Å². The Morgan fingerprint density at radius 1 is 1.32 bits per heavy atom. The molecule has 1 aliphatic heterocycles. The van der Waals surface area contributed by atoms with Gasteiger partial charge in [0.2, 0.25) is 0 Å². The van der Waals surface area contributed by atoms with Gasteiger partial charge in [0.1, 0.15) is 5.82 Å². The molecular formula is C18H17FN2O4. The van der Waals surface area contributed by atoms with Gasteiger partial charge in [0.25, 0.3) is 5.91 Å². The van der Waals surface area contributed by atoms with Gasteiger partial charge in [-0.3, -0.25) is 14.9 Å². The Bertz CT molecular complexity index is 853. The zero-order valence-electron chi connectivity index (χ0n) is 13.9. The van der Waals surface area contributed by atoms with E-state index in [0.29, 0.717) is 18.5 Å². The minimum Gasteiger partial charge on any atom is -0.490 e. The fraction of sp³-hybridized carbons (Fsp3) is 0.278. The summed E-state index contributed by atoms with van der Waals surface area (Å²) in [7, 11) is 1.33. The highest BCUT2D eigenvalue weighted by Crippen LogP contribution is 2.34. The summed E-state index contributed by atoms with van der Waals surface area (Å²) >= 11 is 0. The molecule has 0 bridgehead atoms. The molecule has 130 valence electrons. The van der Waals surface area contributed by atoms with Gasteiger partial charge in [-0.25, -0.2) is 4.39 Å². The summed E-state index contributed by atoms with van der Waals surface area (Å²) in [6, 6.07) is 8.35. The van der Waals surface area contributed by atoms with E-state index in [1.807, 2.05) is 6.92 Å². The van der Waals surface area contributed by atoms with Crippen molar-refractivity contribution >= 4 is 17.3 Å². The van der Waals surface area contributed by atoms with Crippen LogP contribution in [-0.4, -0.2) is 24.0 Å². The van der Waals surface area contributed by atoms with E-state index in [1.54, 1.807) is 11.0 Å². The van der Waals surface area contributed by atoms with E-state index in [2.05, 4.69) is 0 Å². The Labute approximate surface area is 144 Å². The number of fused-ring (bicyclic) bond motifs is 1. The summed E-state index contributed by atoms with van der Waals surface area (Å²) < 4.78 is 18.4. The van der Waals surface area contributed by atoms with Crippen molar-refractivity contribution in [2.45, 2.75) is 25.8 Å². The Balaban J connectivity index is 2.04. The average Bonchev–Trinajstić information content (AvgIpc) is 2.60. The first-order chi connectivity index (χ1) is 11.9. The Morgan fingerprint density at radius 3 is 2.76 bits per heavy atom. The van der Waals surface area contributed by atoms with Gasteiger partial charge in [0.15, 0.2) is 5.75 Å². The van der Waals surface area contributed by atoms with Crippen LogP contribution in [-0.2, 0) is 6.42 Å². The molecule has 0 aliphatic carbocycles. The van der Waals surface area contributed by atoms with Gasteiger partial charge >= 0.3 is 5.69 Å². The van der Waals surface area contributed by atoms with E-state index in [0.717, 1.165) is 5.56 Å². The molecule has 1 aliphatic rings. The number of carbonyl (C=O) groups is 1. The van der Waals surface area contributed by atoms with Crippen LogP contribution in [0.5, 0.6) is 5.75 Å². The SMILES string of the molecule is COc1ccc(C(=O)N2c3ccc(F)cc3CCC2C)cc1[N+](=O)[O-]. The molecule has 0 N–H and O–H groups in total. The summed E-state index contributed by atoms with van der Waals surface area (Å²) in [4.78, 5) is 25.2. The number of ether oxygens (including phenoxy) is 1. The first-order valence-corrected chi connectivity index (χ1v) is 7.86. The molecular weight excluding hydrogens is 327 g/mol. The number of hydrogen-bond donors (Lipinski definition) is 0. The minimum atomic E-state index is -0.585. The lowest BCUT2D eigenvalue weighted by molar-refractivity contribution is -0.385. The lowest BCUT2D eigenvalue weighted by atomic mass is 9.95. The summed E-state index contributed by atoms with van der Waals surface area (Å²) in [6.07, 6.45) is 1.38. The molecule has 1 heterocycles. The van der Waals surface area contributed by atoms with Gasteiger partial charge in [-0.1, -0.05) is 0 Å². The second-order valence-corrected chi connectivity index (χ2v) is 5.98. The fourth-order valence-corrected chi connectivity index (χ4v) is 3.13.